The van der Waals surface area contributed by atoms with Crippen LogP contribution >= 0.6 is 0 Å². The molecule has 0 aromatic rings. The highest BCUT2D eigenvalue weighted by Gasteiger charge is 2.55. The highest BCUT2D eigenvalue weighted by Crippen LogP contribution is 2.43. The molecule has 0 aromatic carbocycles. The molecule has 2 saturated heterocycles. The van der Waals surface area contributed by atoms with Crippen molar-refractivity contribution in [2.45, 2.75) is 31.7 Å². The van der Waals surface area contributed by atoms with Crippen LogP contribution in [-0.4, -0.2) is 47.6 Å². The lowest BCUT2D eigenvalue weighted by molar-refractivity contribution is -0.482. The fourth-order valence-corrected chi connectivity index (χ4v) is 3.11. The lowest BCUT2D eigenvalue weighted by atomic mass is 9.85. The van der Waals surface area contributed by atoms with E-state index < -0.39 is 5.54 Å². The number of carbonyl (C=O) groups is 1. The van der Waals surface area contributed by atoms with E-state index in [2.05, 4.69) is 4.90 Å². The Hall–Kier alpha value is -1.17. The van der Waals surface area contributed by atoms with Gasteiger partial charge in [-0.1, -0.05) is 0 Å². The predicted octanol–water partition coefficient (Wildman–Crippen LogP) is 0.681. The number of hydrogen-bond acceptors (Lipinski definition) is 5. The second-order valence-corrected chi connectivity index (χ2v) is 4.86. The molecular formula is C11H18N2O4. The Labute approximate surface area is 100 Å². The van der Waals surface area contributed by atoms with E-state index in [0.717, 1.165) is 25.9 Å². The minimum absolute atomic E-state index is 0.165. The third-order valence-corrected chi connectivity index (χ3v) is 3.88. The highest BCUT2D eigenvalue weighted by atomic mass is 16.6. The molecule has 2 aliphatic rings. The maximum atomic E-state index is 12.1. The van der Waals surface area contributed by atoms with Crippen molar-refractivity contribution in [3.8, 4) is 0 Å². The molecule has 0 N–H and O–H groups in total. The topological polar surface area (TPSA) is 72.7 Å². The van der Waals surface area contributed by atoms with Crippen LogP contribution in [-0.2, 0) is 9.53 Å². The van der Waals surface area contributed by atoms with Crippen LogP contribution in [0.5, 0.6) is 0 Å². The van der Waals surface area contributed by atoms with Crippen LogP contribution in [0, 0.1) is 16.0 Å². The van der Waals surface area contributed by atoms with E-state index >= 15 is 0 Å². The van der Waals surface area contributed by atoms with Crippen LogP contribution in [0.25, 0.3) is 0 Å². The molecule has 0 spiro atoms. The fourth-order valence-electron chi connectivity index (χ4n) is 3.11. The summed E-state index contributed by atoms with van der Waals surface area (Å²) in [6.07, 6.45) is 2.09. The normalized spacial score (nSPS) is 34.9. The first kappa shape index (κ1) is 12.3. The van der Waals surface area contributed by atoms with E-state index in [0.29, 0.717) is 12.5 Å². The number of fused-ring (bicyclic) bond motifs is 2. The molecule has 6 nitrogen and oxygen atoms in total. The van der Waals surface area contributed by atoms with Gasteiger partial charge in [0, 0.05) is 17.9 Å². The largest absolute Gasteiger partial charge is 0.465 e. The van der Waals surface area contributed by atoms with Crippen LogP contribution in [0.3, 0.4) is 0 Å². The number of rotatable bonds is 5. The maximum absolute atomic E-state index is 12.1. The van der Waals surface area contributed by atoms with Gasteiger partial charge in [0.25, 0.3) is 0 Å². The lowest BCUT2D eigenvalue weighted by Crippen LogP contribution is -2.53. The summed E-state index contributed by atoms with van der Waals surface area (Å²) in [6.45, 7) is 3.68. The number of ether oxygens (including phenoxy) is 1. The standard InChI is InChI=1S/C11H18N2O4/c1-2-17-10(14)11(4-6-13(15)16)7-9-3-5-12(11)8-9/h9H,2-8H2,1H3/t9-,11-/m1/s1. The molecule has 2 heterocycles. The van der Waals surface area contributed by atoms with Crippen molar-refractivity contribution in [2.75, 3.05) is 26.2 Å². The second kappa shape index (κ2) is 4.60. The monoisotopic (exact) mass is 242 g/mol. The van der Waals surface area contributed by atoms with E-state index in [1.54, 1.807) is 6.92 Å². The average molecular weight is 242 g/mol. The molecule has 0 radical (unpaired) electrons. The summed E-state index contributed by atoms with van der Waals surface area (Å²) < 4.78 is 5.11. The molecule has 2 rings (SSSR count). The van der Waals surface area contributed by atoms with Gasteiger partial charge in [0.1, 0.15) is 5.54 Å². The van der Waals surface area contributed by atoms with Crippen LogP contribution in [0.15, 0.2) is 0 Å². The van der Waals surface area contributed by atoms with Gasteiger partial charge in [0.2, 0.25) is 6.54 Å². The van der Waals surface area contributed by atoms with Crippen LogP contribution in [0.1, 0.15) is 26.2 Å². The number of nitro groups is 1. The van der Waals surface area contributed by atoms with Crippen molar-refractivity contribution in [1.82, 2.24) is 4.90 Å². The second-order valence-electron chi connectivity index (χ2n) is 4.86. The molecule has 0 saturated carbocycles. The molecule has 2 bridgehead atoms. The van der Waals surface area contributed by atoms with Gasteiger partial charge in [-0.2, -0.15) is 0 Å². The SMILES string of the molecule is CCOC(=O)[C@@]1(CC[N+](=O)[O-])C[C@H]2CCN1C2. The average Bonchev–Trinajstić information content (AvgIpc) is 2.87. The zero-order valence-electron chi connectivity index (χ0n) is 10.1. The molecule has 1 unspecified atom stereocenters. The predicted molar refractivity (Wildman–Crippen MR) is 60.1 cm³/mol. The van der Waals surface area contributed by atoms with Gasteiger partial charge in [-0.05, 0) is 32.2 Å². The first-order valence-corrected chi connectivity index (χ1v) is 6.12. The summed E-state index contributed by atoms with van der Waals surface area (Å²) in [7, 11) is 0. The molecule has 2 aliphatic heterocycles. The van der Waals surface area contributed by atoms with E-state index in [-0.39, 0.29) is 23.9 Å². The number of esters is 1. The van der Waals surface area contributed by atoms with Crippen molar-refractivity contribution < 1.29 is 14.5 Å². The molecule has 0 aliphatic carbocycles. The van der Waals surface area contributed by atoms with Gasteiger partial charge in [-0.25, -0.2) is 0 Å². The number of hydrogen-bond donors (Lipinski definition) is 0. The van der Waals surface area contributed by atoms with Crippen molar-refractivity contribution >= 4 is 5.97 Å². The highest BCUT2D eigenvalue weighted by molar-refractivity contribution is 5.81. The van der Waals surface area contributed by atoms with Gasteiger partial charge in [-0.3, -0.25) is 19.8 Å². The summed E-state index contributed by atoms with van der Waals surface area (Å²) in [5.41, 5.74) is -0.716. The summed E-state index contributed by atoms with van der Waals surface area (Å²) in [4.78, 5) is 24.3. The Morgan fingerprint density at radius 1 is 1.65 bits per heavy atom. The number of piperidine rings is 1. The van der Waals surface area contributed by atoms with Crippen LogP contribution in [0.2, 0.25) is 0 Å². The molecule has 0 aromatic heterocycles. The molecule has 2 fully saturated rings. The van der Waals surface area contributed by atoms with Crippen molar-refractivity contribution in [3.05, 3.63) is 10.1 Å². The molecular weight excluding hydrogens is 224 g/mol. The molecule has 17 heavy (non-hydrogen) atoms. The minimum Gasteiger partial charge on any atom is -0.465 e. The zero-order chi connectivity index (χ0) is 12.5. The van der Waals surface area contributed by atoms with Crippen molar-refractivity contribution in [3.63, 3.8) is 0 Å². The maximum Gasteiger partial charge on any atom is 0.326 e. The van der Waals surface area contributed by atoms with Gasteiger partial charge in [0.05, 0.1) is 6.61 Å². The van der Waals surface area contributed by atoms with E-state index in [1.165, 1.54) is 0 Å². The third-order valence-electron chi connectivity index (χ3n) is 3.88. The number of carbonyl (C=O) groups excluding carboxylic acids is 1. The quantitative estimate of drug-likeness (QED) is 0.402. The molecule has 96 valence electrons. The third kappa shape index (κ3) is 2.13. The Morgan fingerprint density at radius 3 is 2.88 bits per heavy atom. The fraction of sp³-hybridized carbons (Fsp3) is 0.909. The van der Waals surface area contributed by atoms with Gasteiger partial charge in [0.15, 0.2) is 0 Å². The minimum atomic E-state index is -0.716. The smallest absolute Gasteiger partial charge is 0.326 e. The van der Waals surface area contributed by atoms with Crippen LogP contribution in [0.4, 0.5) is 0 Å². The Morgan fingerprint density at radius 2 is 2.41 bits per heavy atom. The number of nitrogens with zero attached hydrogens (tertiary/aromatic N) is 2. The summed E-state index contributed by atoms with van der Waals surface area (Å²) in [5, 5.41) is 10.5. The molecule has 6 heteroatoms. The van der Waals surface area contributed by atoms with Gasteiger partial charge >= 0.3 is 5.97 Å². The van der Waals surface area contributed by atoms with Crippen molar-refractivity contribution in [1.29, 1.82) is 0 Å². The Balaban J connectivity index is 2.12. The molecule has 3 atom stereocenters. The summed E-state index contributed by atoms with van der Waals surface area (Å²) in [5.74, 6) is 0.232. The van der Waals surface area contributed by atoms with E-state index in [1.807, 2.05) is 0 Å². The Bertz CT molecular complexity index is 333. The summed E-state index contributed by atoms with van der Waals surface area (Å²) in [6, 6.07) is 0. The Kier molecular flexibility index (Phi) is 3.33. The van der Waals surface area contributed by atoms with Crippen LogP contribution < -0.4 is 0 Å². The van der Waals surface area contributed by atoms with E-state index in [9.17, 15) is 14.9 Å². The summed E-state index contributed by atoms with van der Waals surface area (Å²) >= 11 is 0. The van der Waals surface area contributed by atoms with Gasteiger partial charge in [-0.15, -0.1) is 0 Å². The van der Waals surface area contributed by atoms with E-state index in [4.69, 9.17) is 4.74 Å². The molecule has 0 amide bonds. The first-order valence-electron chi connectivity index (χ1n) is 6.12. The zero-order valence-corrected chi connectivity index (χ0v) is 10.1. The lowest BCUT2D eigenvalue weighted by Gasteiger charge is -2.36. The van der Waals surface area contributed by atoms with Crippen molar-refractivity contribution in [2.24, 2.45) is 5.92 Å². The van der Waals surface area contributed by atoms with Gasteiger partial charge < -0.3 is 4.74 Å². The first-order chi connectivity index (χ1) is 8.08.